The minimum absolute atomic E-state index is 0.171. The highest BCUT2D eigenvalue weighted by Gasteiger charge is 2.06. The van der Waals surface area contributed by atoms with Crippen LogP contribution in [0.15, 0.2) is 24.3 Å². The zero-order valence-corrected chi connectivity index (χ0v) is 9.09. The molecule has 0 aromatic heterocycles. The van der Waals surface area contributed by atoms with Crippen LogP contribution in [0.4, 0.5) is 0 Å². The summed E-state index contributed by atoms with van der Waals surface area (Å²) in [5, 5.41) is 12.7. The molecule has 1 rings (SSSR count). The van der Waals surface area contributed by atoms with E-state index in [0.717, 1.165) is 11.4 Å². The minimum atomic E-state index is 0.171. The van der Waals surface area contributed by atoms with Crippen molar-refractivity contribution in [1.82, 2.24) is 5.32 Å². The summed E-state index contributed by atoms with van der Waals surface area (Å²) in [7, 11) is 0. The first-order chi connectivity index (χ1) is 6.77. The van der Waals surface area contributed by atoms with Gasteiger partial charge in [-0.05, 0) is 24.1 Å². The van der Waals surface area contributed by atoms with Crippen LogP contribution >= 0.6 is 11.6 Å². The van der Waals surface area contributed by atoms with Crippen molar-refractivity contribution in [2.75, 3.05) is 13.2 Å². The van der Waals surface area contributed by atoms with E-state index in [2.05, 4.69) is 12.2 Å². The maximum absolute atomic E-state index is 8.72. The molecule has 0 amide bonds. The Labute approximate surface area is 89.9 Å². The molecule has 0 aliphatic rings. The number of aliphatic hydroxyl groups excluding tert-OH is 1. The smallest absolute Gasteiger partial charge is 0.0556 e. The van der Waals surface area contributed by atoms with Crippen LogP contribution in [0, 0.1) is 0 Å². The van der Waals surface area contributed by atoms with E-state index in [-0.39, 0.29) is 6.61 Å². The van der Waals surface area contributed by atoms with Gasteiger partial charge in [-0.3, -0.25) is 0 Å². The summed E-state index contributed by atoms with van der Waals surface area (Å²) in [5.41, 5.74) is 1.21. The first kappa shape index (κ1) is 11.5. The highest BCUT2D eigenvalue weighted by Crippen LogP contribution is 2.18. The highest BCUT2D eigenvalue weighted by molar-refractivity contribution is 6.30. The van der Waals surface area contributed by atoms with Crippen LogP contribution in [0.1, 0.15) is 24.9 Å². The quantitative estimate of drug-likeness (QED) is 0.787. The van der Waals surface area contributed by atoms with E-state index in [1.165, 1.54) is 5.56 Å². The fourth-order valence-corrected chi connectivity index (χ4v) is 1.56. The minimum Gasteiger partial charge on any atom is -0.395 e. The molecule has 0 saturated heterocycles. The number of aliphatic hydroxyl groups is 1. The molecule has 0 fully saturated rings. The van der Waals surface area contributed by atoms with E-state index in [1.807, 2.05) is 24.3 Å². The molecular weight excluding hydrogens is 198 g/mol. The van der Waals surface area contributed by atoms with Gasteiger partial charge in [-0.15, -0.1) is 0 Å². The number of benzene rings is 1. The van der Waals surface area contributed by atoms with Crippen LogP contribution < -0.4 is 5.32 Å². The number of rotatable bonds is 5. The van der Waals surface area contributed by atoms with Gasteiger partial charge in [0.05, 0.1) is 6.61 Å². The Morgan fingerprint density at radius 2 is 2.00 bits per heavy atom. The molecule has 1 aromatic rings. The lowest BCUT2D eigenvalue weighted by Crippen LogP contribution is -2.23. The molecule has 0 saturated carbocycles. The number of hydrogen-bond acceptors (Lipinski definition) is 2. The standard InChI is InChI=1S/C11H16ClNO/c1-2-11(13-7-8-14)9-3-5-10(12)6-4-9/h3-6,11,13-14H,2,7-8H2,1H3/t11-/m1/s1. The SMILES string of the molecule is CC[C@@H](NCCO)c1ccc(Cl)cc1. The Hall–Kier alpha value is -0.570. The van der Waals surface area contributed by atoms with Gasteiger partial charge in [0.1, 0.15) is 0 Å². The van der Waals surface area contributed by atoms with E-state index < -0.39 is 0 Å². The summed E-state index contributed by atoms with van der Waals surface area (Å²) in [6, 6.07) is 8.11. The molecule has 1 atom stereocenters. The molecule has 0 heterocycles. The topological polar surface area (TPSA) is 32.3 Å². The lowest BCUT2D eigenvalue weighted by Gasteiger charge is -2.16. The van der Waals surface area contributed by atoms with Gasteiger partial charge in [0.25, 0.3) is 0 Å². The third-order valence-electron chi connectivity index (χ3n) is 2.18. The van der Waals surface area contributed by atoms with Crippen LogP contribution in [-0.4, -0.2) is 18.3 Å². The number of hydrogen-bond donors (Lipinski definition) is 2. The van der Waals surface area contributed by atoms with E-state index >= 15 is 0 Å². The van der Waals surface area contributed by atoms with Gasteiger partial charge in [0.15, 0.2) is 0 Å². The molecule has 0 bridgehead atoms. The zero-order valence-electron chi connectivity index (χ0n) is 8.33. The van der Waals surface area contributed by atoms with Crippen molar-refractivity contribution in [1.29, 1.82) is 0 Å². The molecule has 1 aromatic carbocycles. The molecule has 2 nitrogen and oxygen atoms in total. The maximum Gasteiger partial charge on any atom is 0.0556 e. The number of nitrogens with one attached hydrogen (secondary N) is 1. The monoisotopic (exact) mass is 213 g/mol. The van der Waals surface area contributed by atoms with Crippen molar-refractivity contribution in [2.45, 2.75) is 19.4 Å². The largest absolute Gasteiger partial charge is 0.395 e. The Bertz CT molecular complexity index is 260. The average molecular weight is 214 g/mol. The molecule has 3 heteroatoms. The first-order valence-electron chi connectivity index (χ1n) is 4.87. The van der Waals surface area contributed by atoms with E-state index in [9.17, 15) is 0 Å². The molecule has 0 radical (unpaired) electrons. The van der Waals surface area contributed by atoms with Crippen molar-refractivity contribution in [3.8, 4) is 0 Å². The second-order valence-corrected chi connectivity index (χ2v) is 3.63. The average Bonchev–Trinajstić information content (AvgIpc) is 2.21. The normalized spacial score (nSPS) is 12.8. The molecule has 0 spiro atoms. The van der Waals surface area contributed by atoms with Crippen LogP contribution in [0.3, 0.4) is 0 Å². The molecule has 0 aliphatic carbocycles. The Kier molecular flexibility index (Phi) is 4.94. The summed E-state index contributed by atoms with van der Waals surface area (Å²) >= 11 is 5.80. The molecule has 0 unspecified atom stereocenters. The van der Waals surface area contributed by atoms with Gasteiger partial charge in [-0.1, -0.05) is 30.7 Å². The summed E-state index contributed by atoms with van der Waals surface area (Å²) in [4.78, 5) is 0. The van der Waals surface area contributed by atoms with Crippen molar-refractivity contribution < 1.29 is 5.11 Å². The molecule has 0 aliphatic heterocycles. The van der Waals surface area contributed by atoms with Gasteiger partial charge >= 0.3 is 0 Å². The van der Waals surface area contributed by atoms with Crippen LogP contribution in [0.2, 0.25) is 5.02 Å². The predicted molar refractivity (Wildman–Crippen MR) is 59.6 cm³/mol. The van der Waals surface area contributed by atoms with E-state index in [1.54, 1.807) is 0 Å². The van der Waals surface area contributed by atoms with Crippen molar-refractivity contribution >= 4 is 11.6 Å². The Balaban J connectivity index is 2.64. The summed E-state index contributed by atoms with van der Waals surface area (Å²) < 4.78 is 0. The third kappa shape index (κ3) is 3.29. The predicted octanol–water partition coefficient (Wildman–Crippen LogP) is 2.37. The molecule has 2 N–H and O–H groups in total. The zero-order chi connectivity index (χ0) is 10.4. The van der Waals surface area contributed by atoms with E-state index in [4.69, 9.17) is 16.7 Å². The Morgan fingerprint density at radius 3 is 2.50 bits per heavy atom. The second-order valence-electron chi connectivity index (χ2n) is 3.19. The lowest BCUT2D eigenvalue weighted by molar-refractivity contribution is 0.283. The second kappa shape index (κ2) is 6.02. The fraction of sp³-hybridized carbons (Fsp3) is 0.455. The molecule has 78 valence electrons. The molecule has 14 heavy (non-hydrogen) atoms. The highest BCUT2D eigenvalue weighted by atomic mass is 35.5. The fourth-order valence-electron chi connectivity index (χ4n) is 1.43. The van der Waals surface area contributed by atoms with Crippen molar-refractivity contribution in [3.63, 3.8) is 0 Å². The van der Waals surface area contributed by atoms with Gasteiger partial charge in [0, 0.05) is 17.6 Å². The van der Waals surface area contributed by atoms with Gasteiger partial charge in [0.2, 0.25) is 0 Å². The van der Waals surface area contributed by atoms with Crippen LogP contribution in [0.5, 0.6) is 0 Å². The number of halogens is 1. The van der Waals surface area contributed by atoms with E-state index in [0.29, 0.717) is 12.6 Å². The maximum atomic E-state index is 8.72. The van der Waals surface area contributed by atoms with Gasteiger partial charge in [-0.2, -0.15) is 0 Å². The summed E-state index contributed by atoms with van der Waals surface area (Å²) in [5.74, 6) is 0. The van der Waals surface area contributed by atoms with Crippen LogP contribution in [0.25, 0.3) is 0 Å². The third-order valence-corrected chi connectivity index (χ3v) is 2.44. The van der Waals surface area contributed by atoms with Crippen molar-refractivity contribution in [3.05, 3.63) is 34.9 Å². The molecular formula is C11H16ClNO. The van der Waals surface area contributed by atoms with Crippen molar-refractivity contribution in [2.24, 2.45) is 0 Å². The van der Waals surface area contributed by atoms with Crippen LogP contribution in [-0.2, 0) is 0 Å². The summed E-state index contributed by atoms with van der Waals surface area (Å²) in [6.45, 7) is 2.91. The first-order valence-corrected chi connectivity index (χ1v) is 5.25. The lowest BCUT2D eigenvalue weighted by atomic mass is 10.0. The van der Waals surface area contributed by atoms with Gasteiger partial charge in [-0.25, -0.2) is 0 Å². The van der Waals surface area contributed by atoms with Gasteiger partial charge < -0.3 is 10.4 Å². The Morgan fingerprint density at radius 1 is 1.36 bits per heavy atom. The summed E-state index contributed by atoms with van der Waals surface area (Å²) in [6.07, 6.45) is 1.00.